The Morgan fingerprint density at radius 1 is 1.19 bits per heavy atom. The average Bonchev–Trinajstić information content (AvgIpc) is 2.80. The highest BCUT2D eigenvalue weighted by Gasteiger charge is 2.30. The Hall–Kier alpha value is -3.48. The highest BCUT2D eigenvalue weighted by Crippen LogP contribution is 2.31. The Morgan fingerprint density at radius 2 is 1.89 bits per heavy atom. The van der Waals surface area contributed by atoms with Crippen LogP contribution in [-0.4, -0.2) is 36.7 Å². The molecule has 2 amide bonds. The van der Waals surface area contributed by atoms with Crippen molar-refractivity contribution in [3.05, 3.63) is 59.7 Å². The summed E-state index contributed by atoms with van der Waals surface area (Å²) in [5, 5.41) is 2.77. The van der Waals surface area contributed by atoms with Gasteiger partial charge in [0.15, 0.2) is 6.61 Å². The van der Waals surface area contributed by atoms with Gasteiger partial charge in [0.05, 0.1) is 16.9 Å². The van der Waals surface area contributed by atoms with Crippen LogP contribution in [0.2, 0.25) is 0 Å². The van der Waals surface area contributed by atoms with Gasteiger partial charge in [0, 0.05) is 18.0 Å². The van der Waals surface area contributed by atoms with Crippen molar-refractivity contribution in [3.63, 3.8) is 0 Å². The third kappa shape index (κ3) is 4.03. The molecule has 0 saturated heterocycles. The second-order valence-corrected chi connectivity index (χ2v) is 6.20. The number of nitrogens with one attached hydrogen (secondary N) is 1. The number of carbonyl (C=O) groups is 4. The average molecular weight is 366 g/mol. The van der Waals surface area contributed by atoms with Gasteiger partial charge in [-0.1, -0.05) is 24.3 Å². The third-order valence-corrected chi connectivity index (χ3v) is 4.24. The normalized spacial score (nSPS) is 16.0. The summed E-state index contributed by atoms with van der Waals surface area (Å²) >= 11 is 0. The Labute approximate surface area is 155 Å². The van der Waals surface area contributed by atoms with E-state index < -0.39 is 18.5 Å². The van der Waals surface area contributed by atoms with Crippen LogP contribution in [-0.2, 0) is 14.3 Å². The highest BCUT2D eigenvalue weighted by molar-refractivity contribution is 6.05. The van der Waals surface area contributed by atoms with E-state index in [1.54, 1.807) is 31.2 Å². The molecule has 1 heterocycles. The van der Waals surface area contributed by atoms with Gasteiger partial charge in [-0.25, -0.2) is 4.79 Å². The van der Waals surface area contributed by atoms with E-state index in [0.717, 1.165) is 0 Å². The number of esters is 1. The first-order valence-corrected chi connectivity index (χ1v) is 8.43. The first-order valence-electron chi connectivity index (χ1n) is 8.43. The van der Waals surface area contributed by atoms with Crippen LogP contribution >= 0.6 is 0 Å². The van der Waals surface area contributed by atoms with Crippen LogP contribution < -0.4 is 10.2 Å². The fourth-order valence-electron chi connectivity index (χ4n) is 2.95. The number of rotatable bonds is 4. The van der Waals surface area contributed by atoms with Gasteiger partial charge in [-0.3, -0.25) is 14.4 Å². The van der Waals surface area contributed by atoms with Crippen molar-refractivity contribution in [2.75, 3.05) is 16.8 Å². The van der Waals surface area contributed by atoms with Gasteiger partial charge in [0.1, 0.15) is 6.29 Å². The predicted molar refractivity (Wildman–Crippen MR) is 98.7 cm³/mol. The lowest BCUT2D eigenvalue weighted by atomic mass is 10.1. The van der Waals surface area contributed by atoms with Crippen LogP contribution in [0.1, 0.15) is 34.1 Å². The number of benzene rings is 2. The number of ether oxygens (including phenoxy) is 1. The van der Waals surface area contributed by atoms with Crippen molar-refractivity contribution >= 4 is 35.4 Å². The van der Waals surface area contributed by atoms with Crippen LogP contribution in [0.3, 0.4) is 0 Å². The van der Waals surface area contributed by atoms with Gasteiger partial charge in [0.25, 0.3) is 5.91 Å². The van der Waals surface area contributed by atoms with Crippen LogP contribution in [0.4, 0.5) is 11.4 Å². The zero-order chi connectivity index (χ0) is 19.4. The van der Waals surface area contributed by atoms with E-state index in [1.807, 2.05) is 0 Å². The molecule has 7 nitrogen and oxygen atoms in total. The molecule has 2 aromatic rings. The molecule has 0 radical (unpaired) electrons. The smallest absolute Gasteiger partial charge is 0.338 e. The van der Waals surface area contributed by atoms with E-state index in [2.05, 4.69) is 5.32 Å². The number of hydrogen-bond donors (Lipinski definition) is 1. The maximum Gasteiger partial charge on any atom is 0.338 e. The van der Waals surface area contributed by atoms with E-state index in [4.69, 9.17) is 4.74 Å². The van der Waals surface area contributed by atoms with Gasteiger partial charge in [-0.2, -0.15) is 0 Å². The fourth-order valence-corrected chi connectivity index (χ4v) is 2.95. The molecule has 1 unspecified atom stereocenters. The zero-order valence-electron chi connectivity index (χ0n) is 14.7. The van der Waals surface area contributed by atoms with E-state index in [-0.39, 0.29) is 23.9 Å². The number of aldehydes is 1. The highest BCUT2D eigenvalue weighted by atomic mass is 16.5. The maximum atomic E-state index is 12.7. The van der Waals surface area contributed by atoms with Crippen molar-refractivity contribution in [1.29, 1.82) is 0 Å². The topological polar surface area (TPSA) is 92.8 Å². The number of fused-ring (bicyclic) bond motifs is 1. The Bertz CT molecular complexity index is 892. The molecule has 3 rings (SSSR count). The first-order chi connectivity index (χ1) is 13.0. The summed E-state index contributed by atoms with van der Waals surface area (Å²) < 4.78 is 5.12. The van der Waals surface area contributed by atoms with Crippen molar-refractivity contribution in [3.8, 4) is 0 Å². The maximum absolute atomic E-state index is 12.7. The molecule has 27 heavy (non-hydrogen) atoms. The van der Waals surface area contributed by atoms with Crippen molar-refractivity contribution in [2.24, 2.45) is 0 Å². The van der Waals surface area contributed by atoms with E-state index in [0.29, 0.717) is 23.2 Å². The summed E-state index contributed by atoms with van der Waals surface area (Å²) in [6.45, 7) is 1.31. The van der Waals surface area contributed by atoms with Gasteiger partial charge < -0.3 is 15.0 Å². The second kappa shape index (κ2) is 7.82. The Morgan fingerprint density at radius 3 is 2.59 bits per heavy atom. The molecule has 0 bridgehead atoms. The van der Waals surface area contributed by atoms with E-state index in [1.165, 1.54) is 29.2 Å². The Balaban J connectivity index is 1.73. The zero-order valence-corrected chi connectivity index (χ0v) is 14.7. The fraction of sp³-hybridized carbons (Fsp3) is 0.200. The standard InChI is InChI=1S/C20H18N2O5/c1-13-10-18(24)21-16-4-2-3-5-17(16)22(13)19(25)12-27-20(26)15-8-6-14(11-23)7-9-15/h2-9,11,13H,10,12H2,1H3,(H,21,24). The molecule has 7 heteroatoms. The molecule has 138 valence electrons. The summed E-state index contributed by atoms with van der Waals surface area (Å²) in [4.78, 5) is 49.0. The quantitative estimate of drug-likeness (QED) is 0.663. The molecule has 1 aliphatic heterocycles. The first kappa shape index (κ1) is 18.3. The van der Waals surface area contributed by atoms with Gasteiger partial charge in [-0.15, -0.1) is 0 Å². The van der Waals surface area contributed by atoms with Gasteiger partial charge >= 0.3 is 5.97 Å². The summed E-state index contributed by atoms with van der Waals surface area (Å²) in [6.07, 6.45) is 0.813. The molecule has 0 saturated carbocycles. The minimum Gasteiger partial charge on any atom is -0.452 e. The number of hydrogen-bond acceptors (Lipinski definition) is 5. The lowest BCUT2D eigenvalue weighted by Crippen LogP contribution is -2.41. The molecule has 0 spiro atoms. The van der Waals surface area contributed by atoms with Crippen molar-refractivity contribution in [2.45, 2.75) is 19.4 Å². The Kier molecular flexibility index (Phi) is 5.30. The SMILES string of the molecule is CC1CC(=O)Nc2ccccc2N1C(=O)COC(=O)c1ccc(C=O)cc1. The molecule has 1 atom stereocenters. The van der Waals surface area contributed by atoms with E-state index in [9.17, 15) is 19.2 Å². The number of amides is 2. The minimum absolute atomic E-state index is 0.140. The van der Waals surface area contributed by atoms with Crippen molar-refractivity contribution in [1.82, 2.24) is 0 Å². The third-order valence-electron chi connectivity index (χ3n) is 4.24. The molecular formula is C20H18N2O5. The van der Waals surface area contributed by atoms with E-state index >= 15 is 0 Å². The summed E-state index contributed by atoms with van der Waals surface area (Å²) in [6, 6.07) is 12.5. The molecule has 0 aliphatic carbocycles. The lowest BCUT2D eigenvalue weighted by molar-refractivity contribution is -0.122. The molecule has 2 aromatic carbocycles. The largest absolute Gasteiger partial charge is 0.452 e. The van der Waals surface area contributed by atoms with Crippen LogP contribution in [0.5, 0.6) is 0 Å². The summed E-state index contributed by atoms with van der Waals surface area (Å²) in [5.41, 5.74) is 1.78. The molecule has 1 N–H and O–H groups in total. The number of carbonyl (C=O) groups excluding carboxylic acids is 4. The number of anilines is 2. The van der Waals surface area contributed by atoms with Gasteiger partial charge in [0.2, 0.25) is 5.91 Å². The van der Waals surface area contributed by atoms with Crippen LogP contribution in [0, 0.1) is 0 Å². The van der Waals surface area contributed by atoms with Gasteiger partial charge in [-0.05, 0) is 31.2 Å². The molecule has 1 aliphatic rings. The predicted octanol–water partition coefficient (Wildman–Crippen LogP) is 2.42. The number of nitrogens with zero attached hydrogens (tertiary/aromatic N) is 1. The van der Waals surface area contributed by atoms with Crippen LogP contribution in [0.15, 0.2) is 48.5 Å². The molecule has 0 aromatic heterocycles. The summed E-state index contributed by atoms with van der Waals surface area (Å²) in [7, 11) is 0. The lowest BCUT2D eigenvalue weighted by Gasteiger charge is -2.27. The second-order valence-electron chi connectivity index (χ2n) is 6.20. The molecule has 0 fully saturated rings. The minimum atomic E-state index is -0.661. The van der Waals surface area contributed by atoms with Crippen LogP contribution in [0.25, 0.3) is 0 Å². The molecular weight excluding hydrogens is 348 g/mol. The summed E-state index contributed by atoms with van der Waals surface area (Å²) in [5.74, 6) is -1.27. The van der Waals surface area contributed by atoms with Crippen molar-refractivity contribution < 1.29 is 23.9 Å². The monoisotopic (exact) mass is 366 g/mol. The number of para-hydroxylation sites is 2.